The molecule has 2 aromatic rings. The number of likely N-dealkylation sites (tertiary alicyclic amines) is 1. The van der Waals surface area contributed by atoms with E-state index in [0.717, 1.165) is 22.3 Å². The second-order valence-electron chi connectivity index (χ2n) is 8.94. The minimum atomic E-state index is -1.23. The number of carboxylic acid groups (broad SMARTS) is 1. The minimum Gasteiger partial charge on any atom is -0.480 e. The monoisotopic (exact) mass is 466 g/mol. The summed E-state index contributed by atoms with van der Waals surface area (Å²) in [5.74, 6) is -1.43. The number of carbonyl (C=O) groups is 3. The van der Waals surface area contributed by atoms with Crippen LogP contribution in [0.5, 0.6) is 0 Å². The number of carboxylic acids is 1. The lowest BCUT2D eigenvalue weighted by Gasteiger charge is -2.33. The second-order valence-corrected chi connectivity index (χ2v) is 8.94. The van der Waals surface area contributed by atoms with Crippen molar-refractivity contribution in [2.24, 2.45) is 0 Å². The van der Waals surface area contributed by atoms with E-state index in [1.807, 2.05) is 24.3 Å². The Morgan fingerprint density at radius 2 is 1.74 bits per heavy atom. The van der Waals surface area contributed by atoms with E-state index in [2.05, 4.69) is 29.6 Å². The molecule has 2 aliphatic rings. The smallest absolute Gasteiger partial charge is 0.407 e. The van der Waals surface area contributed by atoms with E-state index in [9.17, 15) is 19.5 Å². The van der Waals surface area contributed by atoms with Gasteiger partial charge in [-0.2, -0.15) is 0 Å². The number of aliphatic carboxylic acids is 1. The van der Waals surface area contributed by atoms with Gasteiger partial charge in [0, 0.05) is 32.5 Å². The van der Waals surface area contributed by atoms with E-state index < -0.39 is 23.7 Å². The molecule has 2 amide bonds. The first-order chi connectivity index (χ1) is 16.4. The molecule has 0 bridgehead atoms. The summed E-state index contributed by atoms with van der Waals surface area (Å²) in [6, 6.07) is 16.2. The third kappa shape index (κ3) is 4.37. The Kier molecular flexibility index (Phi) is 6.88. The van der Waals surface area contributed by atoms with Crippen molar-refractivity contribution >= 4 is 18.0 Å². The zero-order chi connectivity index (χ0) is 24.3. The van der Waals surface area contributed by atoms with Crippen LogP contribution in [-0.2, 0) is 19.1 Å². The molecule has 2 atom stereocenters. The fraction of sp³-hybridized carbons (Fsp3) is 0.423. The van der Waals surface area contributed by atoms with Crippen molar-refractivity contribution in [1.29, 1.82) is 0 Å². The van der Waals surface area contributed by atoms with E-state index in [1.54, 1.807) is 6.92 Å². The highest BCUT2D eigenvalue weighted by molar-refractivity contribution is 5.89. The fourth-order valence-corrected chi connectivity index (χ4v) is 5.01. The maximum Gasteiger partial charge on any atom is 0.407 e. The number of ether oxygens (including phenoxy) is 2. The van der Waals surface area contributed by atoms with Crippen LogP contribution in [0, 0.1) is 0 Å². The first-order valence-corrected chi connectivity index (χ1v) is 11.5. The van der Waals surface area contributed by atoms with Gasteiger partial charge in [0.25, 0.3) is 5.91 Å². The van der Waals surface area contributed by atoms with Crippen LogP contribution >= 0.6 is 0 Å². The van der Waals surface area contributed by atoms with Crippen LogP contribution in [0.4, 0.5) is 4.79 Å². The Bertz CT molecular complexity index is 1040. The molecular formula is C26H30N2O6. The first kappa shape index (κ1) is 23.8. The Hall–Kier alpha value is -3.39. The van der Waals surface area contributed by atoms with E-state index in [4.69, 9.17) is 9.47 Å². The van der Waals surface area contributed by atoms with E-state index in [0.29, 0.717) is 19.4 Å². The van der Waals surface area contributed by atoms with Gasteiger partial charge < -0.3 is 24.8 Å². The number of alkyl carbamates (subject to hydrolysis) is 1. The Morgan fingerprint density at radius 1 is 1.12 bits per heavy atom. The molecule has 2 N–H and O–H groups in total. The Morgan fingerprint density at radius 3 is 2.32 bits per heavy atom. The first-order valence-electron chi connectivity index (χ1n) is 11.5. The van der Waals surface area contributed by atoms with Crippen LogP contribution < -0.4 is 5.32 Å². The molecule has 4 rings (SSSR count). The highest BCUT2D eigenvalue weighted by Crippen LogP contribution is 2.44. The van der Waals surface area contributed by atoms with Gasteiger partial charge in [-0.3, -0.25) is 4.79 Å². The van der Waals surface area contributed by atoms with Crippen LogP contribution in [0.15, 0.2) is 48.5 Å². The lowest BCUT2D eigenvalue weighted by Crippen LogP contribution is -2.54. The van der Waals surface area contributed by atoms with Crippen LogP contribution in [0.3, 0.4) is 0 Å². The molecule has 1 aliphatic heterocycles. The molecular weight excluding hydrogens is 436 g/mol. The van der Waals surface area contributed by atoms with Crippen molar-refractivity contribution in [3.8, 4) is 11.1 Å². The van der Waals surface area contributed by atoms with Crippen molar-refractivity contribution < 1.29 is 29.0 Å². The summed E-state index contributed by atoms with van der Waals surface area (Å²) >= 11 is 0. The largest absolute Gasteiger partial charge is 0.480 e. The van der Waals surface area contributed by atoms with Gasteiger partial charge in [0.1, 0.15) is 18.2 Å². The van der Waals surface area contributed by atoms with E-state index >= 15 is 0 Å². The number of carbonyl (C=O) groups excluding carboxylic acids is 2. The molecule has 2 aromatic carbocycles. The van der Waals surface area contributed by atoms with Gasteiger partial charge in [-0.25, -0.2) is 9.59 Å². The van der Waals surface area contributed by atoms with Crippen molar-refractivity contribution in [3.63, 3.8) is 0 Å². The van der Waals surface area contributed by atoms with Gasteiger partial charge in [-0.1, -0.05) is 48.5 Å². The average Bonchev–Trinajstić information content (AvgIpc) is 3.39. The SMILES string of the molecule is COC(CCNC(=O)OCC1c2ccccc2-c2ccccc21)C(=O)N1CCCC1(C)C(=O)O. The number of hydrogen-bond donors (Lipinski definition) is 2. The van der Waals surface area contributed by atoms with Crippen LogP contribution in [0.1, 0.15) is 43.2 Å². The summed E-state index contributed by atoms with van der Waals surface area (Å²) in [6.07, 6.45) is -0.164. The lowest BCUT2D eigenvalue weighted by molar-refractivity contribution is -0.159. The Labute approximate surface area is 198 Å². The molecule has 0 saturated carbocycles. The summed E-state index contributed by atoms with van der Waals surface area (Å²) in [6.45, 7) is 2.30. The molecule has 8 heteroatoms. The minimum absolute atomic E-state index is 0.0321. The second kappa shape index (κ2) is 9.85. The maximum absolute atomic E-state index is 12.9. The number of hydrogen-bond acceptors (Lipinski definition) is 5. The zero-order valence-electron chi connectivity index (χ0n) is 19.5. The van der Waals surface area contributed by atoms with Gasteiger partial charge in [0.15, 0.2) is 0 Å². The third-order valence-corrected chi connectivity index (χ3v) is 6.95. The summed E-state index contributed by atoms with van der Waals surface area (Å²) in [5.41, 5.74) is 3.35. The maximum atomic E-state index is 12.9. The molecule has 0 radical (unpaired) electrons. The fourth-order valence-electron chi connectivity index (χ4n) is 5.01. The summed E-state index contributed by atoms with van der Waals surface area (Å²) in [4.78, 5) is 38.3. The van der Waals surface area contributed by atoms with E-state index in [1.165, 1.54) is 12.0 Å². The third-order valence-electron chi connectivity index (χ3n) is 6.95. The normalized spacial score (nSPS) is 19.9. The highest BCUT2D eigenvalue weighted by Gasteiger charge is 2.47. The predicted octanol–water partition coefficient (Wildman–Crippen LogP) is 3.40. The number of fused-ring (bicyclic) bond motifs is 3. The molecule has 2 unspecified atom stereocenters. The van der Waals surface area contributed by atoms with Gasteiger partial charge in [0.2, 0.25) is 0 Å². The average molecular weight is 467 g/mol. The number of amides is 2. The molecule has 180 valence electrons. The number of methoxy groups -OCH3 is 1. The number of nitrogens with one attached hydrogen (secondary N) is 1. The molecule has 1 saturated heterocycles. The molecule has 1 aliphatic carbocycles. The highest BCUT2D eigenvalue weighted by atomic mass is 16.5. The van der Waals surface area contributed by atoms with Gasteiger partial charge in [0.05, 0.1) is 0 Å². The summed E-state index contributed by atoms with van der Waals surface area (Å²) in [7, 11) is 1.41. The standard InChI is InChI=1S/C26H30N2O6/c1-26(24(30)31)13-7-15-28(26)23(29)22(33-2)12-14-27-25(32)34-16-21-19-10-5-3-8-17(19)18-9-4-6-11-20(18)21/h3-6,8-11,21-22H,7,12-16H2,1-2H3,(H,27,32)(H,30,31). The molecule has 0 aromatic heterocycles. The summed E-state index contributed by atoms with van der Waals surface area (Å²) in [5, 5.41) is 12.2. The molecule has 0 spiro atoms. The lowest BCUT2D eigenvalue weighted by atomic mass is 9.98. The van der Waals surface area contributed by atoms with Gasteiger partial charge in [-0.15, -0.1) is 0 Å². The molecule has 8 nitrogen and oxygen atoms in total. The molecule has 1 fully saturated rings. The number of nitrogens with zero attached hydrogens (tertiary/aromatic N) is 1. The van der Waals surface area contributed by atoms with Gasteiger partial charge in [-0.05, 0) is 42.0 Å². The van der Waals surface area contributed by atoms with E-state index in [-0.39, 0.29) is 31.4 Å². The van der Waals surface area contributed by atoms with Crippen LogP contribution in [-0.4, -0.2) is 66.4 Å². The predicted molar refractivity (Wildman–Crippen MR) is 125 cm³/mol. The van der Waals surface area contributed by atoms with Crippen molar-refractivity contribution in [2.75, 3.05) is 26.8 Å². The van der Waals surface area contributed by atoms with Crippen molar-refractivity contribution in [1.82, 2.24) is 10.2 Å². The van der Waals surface area contributed by atoms with Crippen molar-refractivity contribution in [2.45, 2.75) is 43.7 Å². The zero-order valence-corrected chi connectivity index (χ0v) is 19.5. The molecule has 1 heterocycles. The topological polar surface area (TPSA) is 105 Å². The summed E-state index contributed by atoms with van der Waals surface area (Å²) < 4.78 is 10.8. The van der Waals surface area contributed by atoms with Gasteiger partial charge >= 0.3 is 12.1 Å². The Balaban J connectivity index is 1.30. The molecule has 34 heavy (non-hydrogen) atoms. The van der Waals surface area contributed by atoms with Crippen molar-refractivity contribution in [3.05, 3.63) is 59.7 Å². The number of rotatable bonds is 8. The van der Waals surface area contributed by atoms with Crippen LogP contribution in [0.25, 0.3) is 11.1 Å². The number of benzene rings is 2. The quantitative estimate of drug-likeness (QED) is 0.618. The van der Waals surface area contributed by atoms with Crippen LogP contribution in [0.2, 0.25) is 0 Å².